The minimum atomic E-state index is -0.965. The van der Waals surface area contributed by atoms with Gasteiger partial charge in [-0.2, -0.15) is 0 Å². The number of pyridine rings is 1. The number of hydrogen-bond acceptors (Lipinski definition) is 3. The van der Waals surface area contributed by atoms with Gasteiger partial charge in [-0.05, 0) is 30.2 Å². The quantitative estimate of drug-likeness (QED) is 0.583. The van der Waals surface area contributed by atoms with E-state index in [2.05, 4.69) is 0 Å². The number of hydrogen-bond donors (Lipinski definition) is 1. The zero-order valence-corrected chi connectivity index (χ0v) is 13.1. The molecule has 0 fully saturated rings. The van der Waals surface area contributed by atoms with Crippen molar-refractivity contribution in [2.45, 2.75) is 13.3 Å². The summed E-state index contributed by atoms with van der Waals surface area (Å²) in [6.07, 6.45) is 0.785. The maximum Gasteiger partial charge on any atom is 0.336 e. The standard InChI is InChI=1S/C20H15NO3/c1-2-12-7-5-8-14-15(20(22)23)11-16(21-19(12)14)18-10-13-6-3-4-9-17(13)24-18/h3-11H,2H2,1H3,(H,22,23). The Kier molecular flexibility index (Phi) is 3.31. The molecule has 2 heterocycles. The molecule has 2 aromatic carbocycles. The average molecular weight is 317 g/mol. The number of para-hydroxylation sites is 2. The highest BCUT2D eigenvalue weighted by molar-refractivity contribution is 6.04. The third-order valence-corrected chi connectivity index (χ3v) is 4.21. The van der Waals surface area contributed by atoms with E-state index < -0.39 is 5.97 Å². The number of rotatable bonds is 3. The maximum atomic E-state index is 11.7. The monoisotopic (exact) mass is 317 g/mol. The van der Waals surface area contributed by atoms with Gasteiger partial charge in [-0.3, -0.25) is 0 Å². The third-order valence-electron chi connectivity index (χ3n) is 4.21. The first-order chi connectivity index (χ1) is 11.7. The van der Waals surface area contributed by atoms with Crippen molar-refractivity contribution >= 4 is 27.8 Å². The summed E-state index contributed by atoms with van der Waals surface area (Å²) in [5, 5.41) is 11.2. The fourth-order valence-electron chi connectivity index (χ4n) is 3.00. The van der Waals surface area contributed by atoms with Crippen molar-refractivity contribution in [3.8, 4) is 11.5 Å². The predicted octanol–water partition coefficient (Wildman–Crippen LogP) is 4.91. The van der Waals surface area contributed by atoms with Gasteiger partial charge in [-0.25, -0.2) is 9.78 Å². The molecule has 4 aromatic rings. The minimum Gasteiger partial charge on any atom is -0.478 e. The number of aromatic nitrogens is 1. The molecule has 0 bridgehead atoms. The summed E-state index contributed by atoms with van der Waals surface area (Å²) < 4.78 is 5.86. The van der Waals surface area contributed by atoms with E-state index >= 15 is 0 Å². The smallest absolute Gasteiger partial charge is 0.336 e. The number of carboxylic acids is 1. The van der Waals surface area contributed by atoms with Crippen molar-refractivity contribution in [3.05, 3.63) is 65.7 Å². The average Bonchev–Trinajstić information content (AvgIpc) is 3.04. The molecule has 0 amide bonds. The number of fused-ring (bicyclic) bond motifs is 2. The largest absolute Gasteiger partial charge is 0.478 e. The summed E-state index contributed by atoms with van der Waals surface area (Å²) in [6, 6.07) is 16.8. The van der Waals surface area contributed by atoms with Crippen LogP contribution in [-0.2, 0) is 6.42 Å². The van der Waals surface area contributed by atoms with Crippen LogP contribution in [0.1, 0.15) is 22.8 Å². The Morgan fingerprint density at radius 2 is 1.96 bits per heavy atom. The van der Waals surface area contributed by atoms with Crippen molar-refractivity contribution in [3.63, 3.8) is 0 Å². The van der Waals surface area contributed by atoms with E-state index in [0.29, 0.717) is 16.8 Å². The molecule has 1 N–H and O–H groups in total. The van der Waals surface area contributed by atoms with Crippen LogP contribution in [-0.4, -0.2) is 16.1 Å². The van der Waals surface area contributed by atoms with Crippen molar-refractivity contribution in [2.24, 2.45) is 0 Å². The molecule has 0 aliphatic heterocycles. The Bertz CT molecular complexity index is 1050. The molecule has 4 heteroatoms. The van der Waals surface area contributed by atoms with Crippen LogP contribution in [0.2, 0.25) is 0 Å². The van der Waals surface area contributed by atoms with Crippen LogP contribution in [0.4, 0.5) is 0 Å². The zero-order valence-electron chi connectivity index (χ0n) is 13.1. The van der Waals surface area contributed by atoms with E-state index in [9.17, 15) is 9.90 Å². The van der Waals surface area contributed by atoms with Gasteiger partial charge < -0.3 is 9.52 Å². The van der Waals surface area contributed by atoms with Gasteiger partial charge >= 0.3 is 5.97 Å². The predicted molar refractivity (Wildman–Crippen MR) is 93.3 cm³/mol. The van der Waals surface area contributed by atoms with Crippen LogP contribution >= 0.6 is 0 Å². The first kappa shape index (κ1) is 14.5. The van der Waals surface area contributed by atoms with Gasteiger partial charge in [0.2, 0.25) is 0 Å². The number of carbonyl (C=O) groups is 1. The van der Waals surface area contributed by atoms with E-state index in [1.807, 2.05) is 49.4 Å². The molecule has 0 unspecified atom stereocenters. The Hall–Kier alpha value is -3.14. The highest BCUT2D eigenvalue weighted by Crippen LogP contribution is 2.30. The van der Waals surface area contributed by atoms with Gasteiger partial charge in [-0.15, -0.1) is 0 Å². The van der Waals surface area contributed by atoms with Crippen LogP contribution in [0.25, 0.3) is 33.3 Å². The van der Waals surface area contributed by atoms with E-state index in [4.69, 9.17) is 9.40 Å². The van der Waals surface area contributed by atoms with E-state index in [-0.39, 0.29) is 5.56 Å². The molecular weight excluding hydrogens is 302 g/mol. The van der Waals surface area contributed by atoms with Crippen LogP contribution in [0, 0.1) is 0 Å². The molecule has 0 saturated carbocycles. The molecule has 24 heavy (non-hydrogen) atoms. The molecule has 0 aliphatic rings. The molecule has 4 nitrogen and oxygen atoms in total. The summed E-state index contributed by atoms with van der Waals surface area (Å²) >= 11 is 0. The van der Waals surface area contributed by atoms with E-state index in [0.717, 1.165) is 28.5 Å². The fourth-order valence-corrected chi connectivity index (χ4v) is 3.00. The zero-order chi connectivity index (χ0) is 16.7. The Labute approximate surface area is 138 Å². The first-order valence-corrected chi connectivity index (χ1v) is 7.82. The Balaban J connectivity index is 2.03. The van der Waals surface area contributed by atoms with Gasteiger partial charge in [0.15, 0.2) is 5.76 Å². The summed E-state index contributed by atoms with van der Waals surface area (Å²) in [4.78, 5) is 16.4. The highest BCUT2D eigenvalue weighted by atomic mass is 16.4. The lowest BCUT2D eigenvalue weighted by molar-refractivity contribution is 0.0699. The summed E-state index contributed by atoms with van der Waals surface area (Å²) in [6.45, 7) is 2.03. The number of furan rings is 1. The second kappa shape index (κ2) is 5.49. The molecule has 0 spiro atoms. The Morgan fingerprint density at radius 1 is 1.12 bits per heavy atom. The van der Waals surface area contributed by atoms with Crippen molar-refractivity contribution < 1.29 is 14.3 Å². The van der Waals surface area contributed by atoms with Gasteiger partial charge in [0, 0.05) is 10.8 Å². The van der Waals surface area contributed by atoms with Gasteiger partial charge in [0.25, 0.3) is 0 Å². The van der Waals surface area contributed by atoms with E-state index in [1.54, 1.807) is 12.1 Å². The SMILES string of the molecule is CCc1cccc2c(C(=O)O)cc(-c3cc4ccccc4o3)nc12. The lowest BCUT2D eigenvalue weighted by Crippen LogP contribution is -2.01. The third kappa shape index (κ3) is 2.24. The van der Waals surface area contributed by atoms with E-state index in [1.165, 1.54) is 0 Å². The highest BCUT2D eigenvalue weighted by Gasteiger charge is 2.16. The topological polar surface area (TPSA) is 63.3 Å². The normalized spacial score (nSPS) is 11.2. The van der Waals surface area contributed by atoms with Crippen molar-refractivity contribution in [1.82, 2.24) is 4.98 Å². The molecule has 2 aromatic heterocycles. The van der Waals surface area contributed by atoms with Crippen LogP contribution in [0.5, 0.6) is 0 Å². The van der Waals surface area contributed by atoms with Gasteiger partial charge in [0.1, 0.15) is 11.3 Å². The first-order valence-electron chi connectivity index (χ1n) is 7.82. The molecule has 0 radical (unpaired) electrons. The second-order valence-electron chi connectivity index (χ2n) is 5.68. The Morgan fingerprint density at radius 3 is 2.71 bits per heavy atom. The lowest BCUT2D eigenvalue weighted by atomic mass is 10.0. The van der Waals surface area contributed by atoms with Gasteiger partial charge in [0.05, 0.1) is 11.1 Å². The summed E-state index contributed by atoms with van der Waals surface area (Å²) in [5.41, 5.74) is 3.28. The fraction of sp³-hybridized carbons (Fsp3) is 0.100. The molecule has 0 aliphatic carbocycles. The molecule has 118 valence electrons. The van der Waals surface area contributed by atoms with Crippen molar-refractivity contribution in [2.75, 3.05) is 0 Å². The number of nitrogens with zero attached hydrogens (tertiary/aromatic N) is 1. The summed E-state index contributed by atoms with van der Waals surface area (Å²) in [5.74, 6) is -0.389. The molecule has 0 atom stereocenters. The van der Waals surface area contributed by atoms with Crippen LogP contribution in [0.15, 0.2) is 59.0 Å². The number of benzene rings is 2. The van der Waals surface area contributed by atoms with Crippen molar-refractivity contribution in [1.29, 1.82) is 0 Å². The molecule has 4 rings (SSSR count). The van der Waals surface area contributed by atoms with Crippen LogP contribution < -0.4 is 0 Å². The minimum absolute atomic E-state index is 0.241. The molecule has 0 saturated heterocycles. The second-order valence-corrected chi connectivity index (χ2v) is 5.68. The van der Waals surface area contributed by atoms with Gasteiger partial charge in [-0.1, -0.05) is 43.3 Å². The van der Waals surface area contributed by atoms with Crippen LogP contribution in [0.3, 0.4) is 0 Å². The molecular formula is C20H15NO3. The number of carboxylic acid groups (broad SMARTS) is 1. The maximum absolute atomic E-state index is 11.7. The number of aryl methyl sites for hydroxylation is 1. The lowest BCUT2D eigenvalue weighted by Gasteiger charge is -2.08. The summed E-state index contributed by atoms with van der Waals surface area (Å²) in [7, 11) is 0. The number of aromatic carboxylic acids is 1.